The highest BCUT2D eigenvalue weighted by Gasteiger charge is 2.45. The van der Waals surface area contributed by atoms with Crippen LogP contribution in [0.4, 0.5) is 9.18 Å². The lowest BCUT2D eigenvalue weighted by Gasteiger charge is -2.35. The summed E-state index contributed by atoms with van der Waals surface area (Å²) in [6.45, 7) is 8.86. The Balaban J connectivity index is 1.60. The van der Waals surface area contributed by atoms with E-state index in [0.29, 0.717) is 30.6 Å². The molecule has 0 N–H and O–H groups in total. The van der Waals surface area contributed by atoms with Crippen LogP contribution < -0.4 is 0 Å². The fourth-order valence-electron chi connectivity index (χ4n) is 3.81. The van der Waals surface area contributed by atoms with Gasteiger partial charge in [-0.3, -0.25) is 19.4 Å². The maximum atomic E-state index is 14.5. The van der Waals surface area contributed by atoms with Crippen LogP contribution in [-0.4, -0.2) is 58.2 Å². The van der Waals surface area contributed by atoms with E-state index >= 15 is 0 Å². The Labute approximate surface area is 181 Å². The van der Waals surface area contributed by atoms with E-state index in [4.69, 9.17) is 9.47 Å². The third kappa shape index (κ3) is 4.95. The highest BCUT2D eigenvalue weighted by atomic mass is 19.1. The topological polar surface area (TPSA) is 76.2 Å². The number of benzene rings is 1. The van der Waals surface area contributed by atoms with Gasteiger partial charge in [-0.15, -0.1) is 0 Å². The van der Waals surface area contributed by atoms with Crippen molar-refractivity contribution in [3.05, 3.63) is 47.3 Å². The van der Waals surface area contributed by atoms with Gasteiger partial charge in [-0.05, 0) is 59.6 Å². The maximum absolute atomic E-state index is 14.5. The molecule has 0 spiro atoms. The molecule has 2 aliphatic heterocycles. The standard InChI is InChI=1S/C23H29FN2O5/c1-22(2,3)31-21(29)26-16(14-30-23(26,4)5)10-8-9-15(24)13-25-19(27)17-11-6-7-12-18(17)20(25)28/h6-7,9,11-12,16H,8,10,13-14H2,1-5H3. The van der Waals surface area contributed by atoms with Crippen LogP contribution in [0.3, 0.4) is 0 Å². The first-order valence-electron chi connectivity index (χ1n) is 10.4. The van der Waals surface area contributed by atoms with E-state index in [1.54, 1.807) is 63.8 Å². The van der Waals surface area contributed by atoms with E-state index in [-0.39, 0.29) is 6.04 Å². The minimum absolute atomic E-state index is 0.270. The average Bonchev–Trinajstić information content (AvgIpc) is 3.09. The highest BCUT2D eigenvalue weighted by Crippen LogP contribution is 2.31. The van der Waals surface area contributed by atoms with Crippen LogP contribution in [0.15, 0.2) is 36.2 Å². The number of halogens is 1. The second-order valence-corrected chi connectivity index (χ2v) is 9.23. The summed E-state index contributed by atoms with van der Waals surface area (Å²) in [5, 5.41) is 0. The minimum atomic E-state index is -0.824. The molecule has 1 fully saturated rings. The van der Waals surface area contributed by atoms with Gasteiger partial charge in [0.2, 0.25) is 0 Å². The van der Waals surface area contributed by atoms with Crippen molar-refractivity contribution in [2.75, 3.05) is 13.2 Å². The van der Waals surface area contributed by atoms with Crippen LogP contribution in [-0.2, 0) is 9.47 Å². The highest BCUT2D eigenvalue weighted by molar-refractivity contribution is 6.21. The Morgan fingerprint density at radius 2 is 1.81 bits per heavy atom. The van der Waals surface area contributed by atoms with Gasteiger partial charge in [0.1, 0.15) is 17.2 Å². The molecule has 2 aliphatic rings. The summed E-state index contributed by atoms with van der Waals surface area (Å²) in [6.07, 6.45) is 1.65. The third-order valence-electron chi connectivity index (χ3n) is 5.22. The minimum Gasteiger partial charge on any atom is -0.444 e. The summed E-state index contributed by atoms with van der Waals surface area (Å²) in [4.78, 5) is 39.8. The number of ether oxygens (including phenoxy) is 2. The second kappa shape index (κ2) is 8.42. The molecule has 0 radical (unpaired) electrons. The predicted octanol–water partition coefficient (Wildman–Crippen LogP) is 4.29. The summed E-state index contributed by atoms with van der Waals surface area (Å²) < 4.78 is 25.7. The number of amides is 3. The van der Waals surface area contributed by atoms with Crippen molar-refractivity contribution in [1.29, 1.82) is 0 Å². The molecule has 7 nitrogen and oxygen atoms in total. The first-order valence-corrected chi connectivity index (χ1v) is 10.4. The van der Waals surface area contributed by atoms with Gasteiger partial charge in [0.15, 0.2) is 0 Å². The number of hydrogen-bond acceptors (Lipinski definition) is 5. The zero-order chi connectivity index (χ0) is 23.0. The number of imide groups is 1. The van der Waals surface area contributed by atoms with Gasteiger partial charge >= 0.3 is 6.09 Å². The Bertz CT molecular complexity index is 884. The number of rotatable bonds is 5. The molecule has 0 aromatic heterocycles. The number of hydrogen-bond donors (Lipinski definition) is 0. The average molecular weight is 432 g/mol. The van der Waals surface area contributed by atoms with Crippen LogP contribution >= 0.6 is 0 Å². The SMILES string of the molecule is CC(C)(C)OC(=O)N1C(CCC=C(F)CN2C(=O)c3ccccc3C2=O)COC1(C)C. The Morgan fingerprint density at radius 3 is 2.35 bits per heavy atom. The Hall–Kier alpha value is -2.74. The molecule has 1 aromatic rings. The molecule has 3 rings (SSSR count). The second-order valence-electron chi connectivity index (χ2n) is 9.23. The van der Waals surface area contributed by atoms with E-state index in [1.165, 1.54) is 6.08 Å². The van der Waals surface area contributed by atoms with Crippen molar-refractivity contribution in [2.24, 2.45) is 0 Å². The van der Waals surface area contributed by atoms with Crippen LogP contribution in [0.2, 0.25) is 0 Å². The van der Waals surface area contributed by atoms with Gasteiger partial charge in [-0.25, -0.2) is 9.18 Å². The molecule has 0 saturated carbocycles. The summed E-state index contributed by atoms with van der Waals surface area (Å²) in [5.41, 5.74) is -0.883. The van der Waals surface area contributed by atoms with E-state index in [2.05, 4.69) is 0 Å². The number of allylic oxidation sites excluding steroid dienone is 1. The monoisotopic (exact) mass is 432 g/mol. The molecule has 8 heteroatoms. The predicted molar refractivity (Wildman–Crippen MR) is 112 cm³/mol. The number of carbonyl (C=O) groups excluding carboxylic acids is 3. The molecule has 1 unspecified atom stereocenters. The molecule has 1 saturated heterocycles. The number of fused-ring (bicyclic) bond motifs is 1. The van der Waals surface area contributed by atoms with Crippen LogP contribution in [0.1, 0.15) is 68.2 Å². The van der Waals surface area contributed by atoms with Crippen molar-refractivity contribution in [3.8, 4) is 0 Å². The van der Waals surface area contributed by atoms with Crippen molar-refractivity contribution in [1.82, 2.24) is 9.80 Å². The lowest BCUT2D eigenvalue weighted by molar-refractivity contribution is -0.0626. The first-order chi connectivity index (χ1) is 14.4. The summed E-state index contributed by atoms with van der Waals surface area (Å²) in [7, 11) is 0. The third-order valence-corrected chi connectivity index (χ3v) is 5.22. The van der Waals surface area contributed by atoms with Gasteiger partial charge < -0.3 is 9.47 Å². The van der Waals surface area contributed by atoms with Crippen molar-refractivity contribution in [2.45, 2.75) is 64.8 Å². The largest absolute Gasteiger partial charge is 0.444 e. The summed E-state index contributed by atoms with van der Waals surface area (Å²) in [5.74, 6) is -1.56. The van der Waals surface area contributed by atoms with Crippen LogP contribution in [0.25, 0.3) is 0 Å². The molecule has 3 amide bonds. The smallest absolute Gasteiger partial charge is 0.412 e. The lowest BCUT2D eigenvalue weighted by atomic mass is 10.1. The molecule has 168 valence electrons. The zero-order valence-corrected chi connectivity index (χ0v) is 18.6. The summed E-state index contributed by atoms with van der Waals surface area (Å²) in [6, 6.07) is 6.19. The molecule has 1 atom stereocenters. The van der Waals surface area contributed by atoms with E-state index in [0.717, 1.165) is 4.90 Å². The zero-order valence-electron chi connectivity index (χ0n) is 18.6. The van der Waals surface area contributed by atoms with E-state index < -0.39 is 41.6 Å². The van der Waals surface area contributed by atoms with Crippen molar-refractivity contribution in [3.63, 3.8) is 0 Å². The molecular formula is C23H29FN2O5. The Kier molecular flexibility index (Phi) is 6.23. The van der Waals surface area contributed by atoms with Gasteiger partial charge in [-0.2, -0.15) is 0 Å². The molecule has 1 aromatic carbocycles. The molecule has 0 aliphatic carbocycles. The van der Waals surface area contributed by atoms with E-state index in [1.807, 2.05) is 0 Å². The fraction of sp³-hybridized carbons (Fsp3) is 0.522. The maximum Gasteiger partial charge on any atom is 0.412 e. The van der Waals surface area contributed by atoms with Crippen LogP contribution in [0.5, 0.6) is 0 Å². The molecule has 31 heavy (non-hydrogen) atoms. The normalized spacial score (nSPS) is 21.0. The molecule has 2 heterocycles. The quantitative estimate of drug-likeness (QED) is 0.649. The Morgan fingerprint density at radius 1 is 1.23 bits per heavy atom. The van der Waals surface area contributed by atoms with Gasteiger partial charge in [0.25, 0.3) is 11.8 Å². The van der Waals surface area contributed by atoms with Gasteiger partial charge in [0.05, 0.1) is 30.3 Å². The molecular weight excluding hydrogens is 403 g/mol. The number of nitrogens with zero attached hydrogens (tertiary/aromatic N) is 2. The summed E-state index contributed by atoms with van der Waals surface area (Å²) >= 11 is 0. The van der Waals surface area contributed by atoms with E-state index in [9.17, 15) is 18.8 Å². The number of carbonyl (C=O) groups is 3. The lowest BCUT2D eigenvalue weighted by Crippen LogP contribution is -2.49. The fourth-order valence-corrected chi connectivity index (χ4v) is 3.81. The van der Waals surface area contributed by atoms with Crippen molar-refractivity contribution >= 4 is 17.9 Å². The molecule has 0 bridgehead atoms. The van der Waals surface area contributed by atoms with Gasteiger partial charge in [0, 0.05) is 0 Å². The van der Waals surface area contributed by atoms with Crippen LogP contribution in [0, 0.1) is 0 Å². The van der Waals surface area contributed by atoms with Crippen molar-refractivity contribution < 1.29 is 28.2 Å². The van der Waals surface area contributed by atoms with Gasteiger partial charge in [-0.1, -0.05) is 18.2 Å². The first kappa shape index (κ1) is 22.9.